The van der Waals surface area contributed by atoms with E-state index in [-0.39, 0.29) is 0 Å². The fraction of sp³-hybridized carbons (Fsp3) is 0.692. The Morgan fingerprint density at radius 3 is 2.69 bits per heavy atom. The molecule has 1 nitrogen and oxygen atoms in total. The Hall–Kier alpha value is 0.140. The quantitative estimate of drug-likeness (QED) is 0.703. The summed E-state index contributed by atoms with van der Waals surface area (Å²) in [6.45, 7) is 1.23. The van der Waals surface area contributed by atoms with Gasteiger partial charge < -0.3 is 5.32 Å². The number of halogens is 1. The fourth-order valence-corrected chi connectivity index (χ4v) is 3.38. The number of thiophene rings is 1. The van der Waals surface area contributed by atoms with Crippen LogP contribution in [0.25, 0.3) is 0 Å². The molecule has 1 saturated carbocycles. The first-order valence-corrected chi connectivity index (χ1v) is 7.93. The largest absolute Gasteiger partial charge is 0.314 e. The molecule has 0 aliphatic heterocycles. The van der Waals surface area contributed by atoms with Gasteiger partial charge in [0, 0.05) is 10.9 Å². The second-order valence-electron chi connectivity index (χ2n) is 4.60. The number of rotatable bonds is 8. The van der Waals surface area contributed by atoms with Crippen molar-refractivity contribution >= 4 is 27.3 Å². The highest BCUT2D eigenvalue weighted by molar-refractivity contribution is 9.11. The SMILES string of the molecule is Brc1ccc(CCCCCCNC2CC2)s1. The van der Waals surface area contributed by atoms with E-state index in [1.54, 1.807) is 0 Å². The summed E-state index contributed by atoms with van der Waals surface area (Å²) in [5.41, 5.74) is 0. The van der Waals surface area contributed by atoms with Gasteiger partial charge in [-0.3, -0.25) is 0 Å². The Morgan fingerprint density at radius 2 is 2.00 bits per heavy atom. The molecule has 1 fully saturated rings. The summed E-state index contributed by atoms with van der Waals surface area (Å²) in [7, 11) is 0. The molecule has 2 rings (SSSR count). The van der Waals surface area contributed by atoms with E-state index in [1.165, 1.54) is 60.2 Å². The van der Waals surface area contributed by atoms with Crippen LogP contribution in [0.15, 0.2) is 15.9 Å². The zero-order valence-electron chi connectivity index (χ0n) is 9.68. The van der Waals surface area contributed by atoms with Crippen molar-refractivity contribution in [3.8, 4) is 0 Å². The molecule has 0 aromatic carbocycles. The molecule has 1 aromatic heterocycles. The monoisotopic (exact) mass is 301 g/mol. The van der Waals surface area contributed by atoms with E-state index in [4.69, 9.17) is 0 Å². The molecule has 1 heterocycles. The van der Waals surface area contributed by atoms with Gasteiger partial charge in [0.1, 0.15) is 0 Å². The summed E-state index contributed by atoms with van der Waals surface area (Å²) in [4.78, 5) is 1.52. The summed E-state index contributed by atoms with van der Waals surface area (Å²) in [6, 6.07) is 5.27. The van der Waals surface area contributed by atoms with Gasteiger partial charge >= 0.3 is 0 Å². The van der Waals surface area contributed by atoms with Crippen LogP contribution in [-0.2, 0) is 6.42 Å². The molecule has 90 valence electrons. The summed E-state index contributed by atoms with van der Waals surface area (Å²) < 4.78 is 1.26. The van der Waals surface area contributed by atoms with E-state index in [0.717, 1.165) is 6.04 Å². The van der Waals surface area contributed by atoms with Crippen LogP contribution in [0.5, 0.6) is 0 Å². The third kappa shape index (κ3) is 4.98. The lowest BCUT2D eigenvalue weighted by molar-refractivity contribution is 0.586. The summed E-state index contributed by atoms with van der Waals surface area (Å²) in [6.07, 6.45) is 9.53. The maximum atomic E-state index is 3.56. The third-order valence-corrected chi connectivity index (χ3v) is 4.67. The molecule has 16 heavy (non-hydrogen) atoms. The zero-order valence-corrected chi connectivity index (χ0v) is 12.1. The predicted octanol–water partition coefficient (Wildman–Crippen LogP) is 4.37. The fourth-order valence-electron chi connectivity index (χ4n) is 1.86. The molecule has 0 atom stereocenters. The van der Waals surface area contributed by atoms with Crippen LogP contribution in [0.3, 0.4) is 0 Å². The molecular weight excluding hydrogens is 282 g/mol. The maximum Gasteiger partial charge on any atom is 0.0701 e. The topological polar surface area (TPSA) is 12.0 Å². The van der Waals surface area contributed by atoms with Gasteiger partial charge in [-0.15, -0.1) is 11.3 Å². The predicted molar refractivity (Wildman–Crippen MR) is 75.2 cm³/mol. The number of aryl methyl sites for hydroxylation is 1. The molecule has 0 amide bonds. The number of hydrogen-bond donors (Lipinski definition) is 1. The van der Waals surface area contributed by atoms with Crippen LogP contribution < -0.4 is 5.32 Å². The van der Waals surface area contributed by atoms with Crippen molar-refractivity contribution in [2.24, 2.45) is 0 Å². The van der Waals surface area contributed by atoms with Crippen molar-refractivity contribution in [1.29, 1.82) is 0 Å². The maximum absolute atomic E-state index is 3.56. The van der Waals surface area contributed by atoms with E-state index in [1.807, 2.05) is 11.3 Å². The second kappa shape index (κ2) is 6.77. The van der Waals surface area contributed by atoms with Gasteiger partial charge in [-0.2, -0.15) is 0 Å². The van der Waals surface area contributed by atoms with Gasteiger partial charge in [-0.05, 0) is 66.7 Å². The molecule has 0 unspecified atom stereocenters. The smallest absolute Gasteiger partial charge is 0.0701 e. The van der Waals surface area contributed by atoms with E-state index in [2.05, 4.69) is 33.4 Å². The highest BCUT2D eigenvalue weighted by Crippen LogP contribution is 2.23. The van der Waals surface area contributed by atoms with E-state index < -0.39 is 0 Å². The van der Waals surface area contributed by atoms with Gasteiger partial charge in [-0.25, -0.2) is 0 Å². The Labute approximate surface area is 111 Å². The highest BCUT2D eigenvalue weighted by atomic mass is 79.9. The first-order chi connectivity index (χ1) is 7.84. The molecule has 0 radical (unpaired) electrons. The third-order valence-electron chi connectivity index (χ3n) is 2.99. The van der Waals surface area contributed by atoms with Crippen molar-refractivity contribution in [3.05, 3.63) is 20.8 Å². The zero-order chi connectivity index (χ0) is 11.2. The number of unbranched alkanes of at least 4 members (excludes halogenated alkanes) is 3. The van der Waals surface area contributed by atoms with Crippen LogP contribution in [0, 0.1) is 0 Å². The second-order valence-corrected chi connectivity index (χ2v) is 7.15. The van der Waals surface area contributed by atoms with Crippen molar-refractivity contribution < 1.29 is 0 Å². The van der Waals surface area contributed by atoms with Crippen molar-refractivity contribution in [1.82, 2.24) is 5.32 Å². The number of hydrogen-bond acceptors (Lipinski definition) is 2. The first kappa shape index (κ1) is 12.6. The highest BCUT2D eigenvalue weighted by Gasteiger charge is 2.19. The number of nitrogens with one attached hydrogen (secondary N) is 1. The van der Waals surface area contributed by atoms with Crippen LogP contribution in [0.4, 0.5) is 0 Å². The van der Waals surface area contributed by atoms with Crippen molar-refractivity contribution in [2.45, 2.75) is 51.0 Å². The van der Waals surface area contributed by atoms with E-state index in [0.29, 0.717) is 0 Å². The Bertz CT molecular complexity index is 307. The average Bonchev–Trinajstić information content (AvgIpc) is 3.00. The normalized spacial score (nSPS) is 15.6. The van der Waals surface area contributed by atoms with Gasteiger partial charge in [0.2, 0.25) is 0 Å². The first-order valence-electron chi connectivity index (χ1n) is 6.32. The van der Waals surface area contributed by atoms with Crippen LogP contribution in [0.2, 0.25) is 0 Å². The molecule has 1 aromatic rings. The molecule has 1 N–H and O–H groups in total. The summed E-state index contributed by atoms with van der Waals surface area (Å²) >= 11 is 5.38. The standard InChI is InChI=1S/C13H20BrNS/c14-13-9-8-12(16-13)5-3-1-2-4-10-15-11-6-7-11/h8-9,11,15H,1-7,10H2. The van der Waals surface area contributed by atoms with Gasteiger partial charge in [0.15, 0.2) is 0 Å². The minimum Gasteiger partial charge on any atom is -0.314 e. The Balaban J connectivity index is 1.42. The molecule has 0 spiro atoms. The van der Waals surface area contributed by atoms with Crippen molar-refractivity contribution in [2.75, 3.05) is 6.54 Å². The molecule has 1 aliphatic carbocycles. The Morgan fingerprint density at radius 1 is 1.19 bits per heavy atom. The van der Waals surface area contributed by atoms with Gasteiger partial charge in [0.25, 0.3) is 0 Å². The van der Waals surface area contributed by atoms with Gasteiger partial charge in [-0.1, -0.05) is 12.8 Å². The lowest BCUT2D eigenvalue weighted by atomic mass is 10.1. The molecule has 0 bridgehead atoms. The summed E-state index contributed by atoms with van der Waals surface area (Å²) in [5, 5.41) is 3.56. The van der Waals surface area contributed by atoms with Crippen LogP contribution in [0.1, 0.15) is 43.4 Å². The molecule has 3 heteroatoms. The minimum atomic E-state index is 0.878. The Kier molecular flexibility index (Phi) is 5.33. The average molecular weight is 302 g/mol. The minimum absolute atomic E-state index is 0.878. The lowest BCUT2D eigenvalue weighted by Gasteiger charge is -2.02. The molecule has 0 saturated heterocycles. The molecular formula is C13H20BrNS. The lowest BCUT2D eigenvalue weighted by Crippen LogP contribution is -2.17. The summed E-state index contributed by atoms with van der Waals surface area (Å²) in [5.74, 6) is 0. The van der Waals surface area contributed by atoms with E-state index in [9.17, 15) is 0 Å². The van der Waals surface area contributed by atoms with Crippen LogP contribution >= 0.6 is 27.3 Å². The van der Waals surface area contributed by atoms with Crippen molar-refractivity contribution in [3.63, 3.8) is 0 Å². The molecule has 1 aliphatic rings. The van der Waals surface area contributed by atoms with Gasteiger partial charge in [0.05, 0.1) is 3.79 Å². The van der Waals surface area contributed by atoms with Crippen LogP contribution in [-0.4, -0.2) is 12.6 Å². The van der Waals surface area contributed by atoms with E-state index >= 15 is 0 Å².